The number of benzene rings is 1. The smallest absolute Gasteiger partial charge is 0.119 e. The molecule has 0 saturated carbocycles. The van der Waals surface area contributed by atoms with Crippen LogP contribution in [-0.4, -0.2) is 24.2 Å². The quantitative estimate of drug-likeness (QED) is 0.924. The third kappa shape index (κ3) is 3.36. The molecule has 3 heteroatoms. The van der Waals surface area contributed by atoms with Crippen molar-refractivity contribution in [2.45, 2.75) is 25.3 Å². The molecule has 1 fully saturated rings. The van der Waals surface area contributed by atoms with Gasteiger partial charge >= 0.3 is 0 Å². The zero-order valence-corrected chi connectivity index (χ0v) is 11.6. The van der Waals surface area contributed by atoms with Crippen LogP contribution in [0.1, 0.15) is 19.3 Å². The van der Waals surface area contributed by atoms with Gasteiger partial charge < -0.3 is 10.1 Å². The predicted octanol–water partition coefficient (Wildman–Crippen LogP) is 3.27. The molecule has 0 amide bonds. The summed E-state index contributed by atoms with van der Waals surface area (Å²) in [5.41, 5.74) is 2.11. The van der Waals surface area contributed by atoms with E-state index >= 15 is 0 Å². The number of hydrogen-bond acceptors (Lipinski definition) is 3. The summed E-state index contributed by atoms with van der Waals surface area (Å²) in [5.74, 6) is 0.928. The minimum Gasteiger partial charge on any atom is -0.492 e. The van der Waals surface area contributed by atoms with Gasteiger partial charge in [0.05, 0.1) is 5.69 Å². The van der Waals surface area contributed by atoms with Crippen LogP contribution >= 0.6 is 0 Å². The van der Waals surface area contributed by atoms with E-state index in [1.54, 1.807) is 0 Å². The Balaban J connectivity index is 1.58. The van der Waals surface area contributed by atoms with Gasteiger partial charge in [0.2, 0.25) is 0 Å². The molecule has 1 aliphatic heterocycles. The van der Waals surface area contributed by atoms with Crippen LogP contribution in [0.2, 0.25) is 0 Å². The van der Waals surface area contributed by atoms with Crippen LogP contribution in [0.4, 0.5) is 0 Å². The molecular weight excluding hydrogens is 248 g/mol. The number of rotatable bonds is 4. The number of aromatic nitrogens is 1. The van der Waals surface area contributed by atoms with Gasteiger partial charge in [-0.25, -0.2) is 0 Å². The Morgan fingerprint density at radius 3 is 2.70 bits per heavy atom. The summed E-state index contributed by atoms with van der Waals surface area (Å²) in [5, 5.41) is 3.49. The first-order valence-electron chi connectivity index (χ1n) is 7.29. The third-order valence-corrected chi connectivity index (χ3v) is 3.68. The number of piperidine rings is 1. The maximum atomic E-state index is 5.85. The fourth-order valence-electron chi connectivity index (χ4n) is 2.52. The second kappa shape index (κ2) is 6.53. The molecule has 0 aliphatic carbocycles. The average molecular weight is 268 g/mol. The maximum absolute atomic E-state index is 5.85. The van der Waals surface area contributed by atoms with Gasteiger partial charge in [-0.3, -0.25) is 4.98 Å². The molecule has 1 atom stereocenters. The summed E-state index contributed by atoms with van der Waals surface area (Å²) >= 11 is 0. The number of ether oxygens (including phenoxy) is 1. The fourth-order valence-corrected chi connectivity index (χ4v) is 2.52. The van der Waals surface area contributed by atoms with E-state index in [2.05, 4.69) is 22.4 Å². The molecule has 3 rings (SSSR count). The fraction of sp³-hybridized carbons (Fsp3) is 0.353. The van der Waals surface area contributed by atoms with Crippen LogP contribution in [0.5, 0.6) is 5.75 Å². The summed E-state index contributed by atoms with van der Waals surface area (Å²) < 4.78 is 5.85. The predicted molar refractivity (Wildman–Crippen MR) is 80.8 cm³/mol. The first kappa shape index (κ1) is 13.1. The van der Waals surface area contributed by atoms with Crippen LogP contribution < -0.4 is 10.1 Å². The zero-order valence-electron chi connectivity index (χ0n) is 11.6. The summed E-state index contributed by atoms with van der Waals surface area (Å²) in [7, 11) is 0. The lowest BCUT2D eigenvalue weighted by molar-refractivity contribution is 0.239. The average Bonchev–Trinajstić information content (AvgIpc) is 2.55. The van der Waals surface area contributed by atoms with Crippen LogP contribution in [0.25, 0.3) is 11.3 Å². The Morgan fingerprint density at radius 1 is 1.10 bits per heavy atom. The summed E-state index contributed by atoms with van der Waals surface area (Å²) in [6.07, 6.45) is 5.62. The second-order valence-corrected chi connectivity index (χ2v) is 5.20. The lowest BCUT2D eigenvalue weighted by Crippen LogP contribution is -2.38. The molecule has 1 aromatic heterocycles. The Kier molecular flexibility index (Phi) is 4.28. The Hall–Kier alpha value is -1.87. The summed E-state index contributed by atoms with van der Waals surface area (Å²) in [6.45, 7) is 1.87. The van der Waals surface area contributed by atoms with Gasteiger partial charge in [-0.15, -0.1) is 0 Å². The van der Waals surface area contributed by atoms with Crippen LogP contribution in [0.15, 0.2) is 48.7 Å². The van der Waals surface area contributed by atoms with E-state index in [-0.39, 0.29) is 0 Å². The molecule has 20 heavy (non-hydrogen) atoms. The van der Waals surface area contributed by atoms with E-state index in [0.717, 1.165) is 30.2 Å². The first-order chi connectivity index (χ1) is 9.92. The Bertz CT molecular complexity index is 518. The largest absolute Gasteiger partial charge is 0.492 e. The number of nitrogens with one attached hydrogen (secondary N) is 1. The monoisotopic (exact) mass is 268 g/mol. The van der Waals surface area contributed by atoms with Crippen LogP contribution in [-0.2, 0) is 0 Å². The van der Waals surface area contributed by atoms with Crippen molar-refractivity contribution in [2.75, 3.05) is 13.2 Å². The van der Waals surface area contributed by atoms with Gasteiger partial charge in [0.25, 0.3) is 0 Å². The molecule has 0 radical (unpaired) electrons. The van der Waals surface area contributed by atoms with Crippen molar-refractivity contribution in [3.8, 4) is 17.0 Å². The molecule has 1 aromatic carbocycles. The molecule has 1 saturated heterocycles. The zero-order chi connectivity index (χ0) is 13.6. The van der Waals surface area contributed by atoms with Crippen molar-refractivity contribution < 1.29 is 4.74 Å². The van der Waals surface area contributed by atoms with Crippen molar-refractivity contribution in [3.63, 3.8) is 0 Å². The van der Waals surface area contributed by atoms with Crippen molar-refractivity contribution in [1.29, 1.82) is 0 Å². The van der Waals surface area contributed by atoms with Crippen molar-refractivity contribution >= 4 is 0 Å². The number of hydrogen-bond donors (Lipinski definition) is 1. The molecule has 1 aliphatic rings. The number of nitrogens with zero attached hydrogens (tertiary/aromatic N) is 1. The molecular formula is C17H20N2O. The number of pyridine rings is 1. The van der Waals surface area contributed by atoms with Gasteiger partial charge in [-0.2, -0.15) is 0 Å². The molecule has 2 aromatic rings. The first-order valence-corrected chi connectivity index (χ1v) is 7.29. The molecule has 1 unspecified atom stereocenters. The van der Waals surface area contributed by atoms with Crippen molar-refractivity contribution in [3.05, 3.63) is 48.7 Å². The molecule has 104 valence electrons. The lowest BCUT2D eigenvalue weighted by Gasteiger charge is -2.23. The summed E-state index contributed by atoms with van der Waals surface area (Å²) in [4.78, 5) is 4.35. The second-order valence-electron chi connectivity index (χ2n) is 5.20. The van der Waals surface area contributed by atoms with E-state index in [1.807, 2.05) is 36.5 Å². The van der Waals surface area contributed by atoms with Gasteiger partial charge in [0.1, 0.15) is 12.4 Å². The molecule has 1 N–H and O–H groups in total. The SMILES string of the molecule is c1ccc(-c2ccc(OCC3CCCCN3)cc2)nc1. The minimum absolute atomic E-state index is 0.499. The van der Waals surface area contributed by atoms with Crippen LogP contribution in [0.3, 0.4) is 0 Å². The minimum atomic E-state index is 0.499. The van der Waals surface area contributed by atoms with Gasteiger partial charge in [0, 0.05) is 17.8 Å². The van der Waals surface area contributed by atoms with E-state index in [1.165, 1.54) is 19.3 Å². The van der Waals surface area contributed by atoms with E-state index < -0.39 is 0 Å². The molecule has 0 bridgehead atoms. The van der Waals surface area contributed by atoms with Crippen molar-refractivity contribution in [1.82, 2.24) is 10.3 Å². The highest BCUT2D eigenvalue weighted by molar-refractivity contribution is 5.59. The highest BCUT2D eigenvalue weighted by Gasteiger charge is 2.12. The van der Waals surface area contributed by atoms with Gasteiger partial charge in [-0.05, 0) is 55.8 Å². The Morgan fingerprint density at radius 2 is 2.00 bits per heavy atom. The highest BCUT2D eigenvalue weighted by Crippen LogP contribution is 2.20. The van der Waals surface area contributed by atoms with E-state index in [9.17, 15) is 0 Å². The summed E-state index contributed by atoms with van der Waals surface area (Å²) in [6, 6.07) is 14.6. The van der Waals surface area contributed by atoms with Gasteiger partial charge in [0.15, 0.2) is 0 Å². The highest BCUT2D eigenvalue weighted by atomic mass is 16.5. The topological polar surface area (TPSA) is 34.1 Å². The maximum Gasteiger partial charge on any atom is 0.119 e. The third-order valence-electron chi connectivity index (χ3n) is 3.68. The molecule has 0 spiro atoms. The molecule has 2 heterocycles. The normalized spacial score (nSPS) is 18.7. The van der Waals surface area contributed by atoms with Crippen LogP contribution in [0, 0.1) is 0 Å². The Labute approximate surface area is 120 Å². The lowest BCUT2D eigenvalue weighted by atomic mass is 10.1. The van der Waals surface area contributed by atoms with Gasteiger partial charge in [-0.1, -0.05) is 12.5 Å². The molecule has 3 nitrogen and oxygen atoms in total. The standard InChI is InChI=1S/C17H20N2O/c1-3-11-18-15(5-1)13-20-16-9-7-14(8-10-16)17-6-2-4-12-19-17/h2,4,6-10,12,15,18H,1,3,5,11,13H2. The van der Waals surface area contributed by atoms with E-state index in [4.69, 9.17) is 4.74 Å². The van der Waals surface area contributed by atoms with Crippen molar-refractivity contribution in [2.24, 2.45) is 0 Å². The van der Waals surface area contributed by atoms with E-state index in [0.29, 0.717) is 6.04 Å².